The summed E-state index contributed by atoms with van der Waals surface area (Å²) in [7, 11) is 0. The Morgan fingerprint density at radius 3 is 2.48 bits per heavy atom. The normalized spacial score (nSPS) is 29.2. The molecule has 2 rings (SSSR count). The van der Waals surface area contributed by atoms with Crippen molar-refractivity contribution in [1.29, 1.82) is 0 Å². The number of unbranched alkanes of at least 4 members (excludes halogenated alkanes) is 1. The average molecular weight is 294 g/mol. The first-order chi connectivity index (χ1) is 10.2. The van der Waals surface area contributed by atoms with Crippen LogP contribution in [0.2, 0.25) is 0 Å². The number of ketones is 1. The maximum absolute atomic E-state index is 12.5. The maximum Gasteiger partial charge on any atom is 0.310 e. The lowest BCUT2D eigenvalue weighted by atomic mass is 9.75. The highest BCUT2D eigenvalue weighted by molar-refractivity contribution is 5.93. The lowest BCUT2D eigenvalue weighted by molar-refractivity contribution is -0.173. The number of cyclic esters (lactones) is 1. The number of ether oxygens (including phenoxy) is 1. The largest absolute Gasteiger partial charge is 0.454 e. The Bertz CT molecular complexity index is 357. The Labute approximate surface area is 128 Å². The van der Waals surface area contributed by atoms with Crippen molar-refractivity contribution < 1.29 is 14.3 Å². The summed E-state index contributed by atoms with van der Waals surface area (Å²) in [5, 5.41) is 0. The molecule has 0 aromatic rings. The number of esters is 1. The molecule has 0 aromatic carbocycles. The van der Waals surface area contributed by atoms with Gasteiger partial charge in [0.25, 0.3) is 0 Å². The molecule has 0 spiro atoms. The Kier molecular flexibility index (Phi) is 6.25. The minimum atomic E-state index is -0.464. The van der Waals surface area contributed by atoms with Gasteiger partial charge in [0.05, 0.1) is 5.92 Å². The third kappa shape index (κ3) is 4.08. The summed E-state index contributed by atoms with van der Waals surface area (Å²) >= 11 is 0. The SMILES string of the molecule is CCCCC(CC)[C@H]1OC(=O)[C@@H](C2CCCCC2)CC1=O. The van der Waals surface area contributed by atoms with Crippen molar-refractivity contribution in [3.8, 4) is 0 Å². The van der Waals surface area contributed by atoms with E-state index in [4.69, 9.17) is 4.74 Å². The molecule has 1 unspecified atom stereocenters. The molecule has 3 heteroatoms. The highest BCUT2D eigenvalue weighted by Gasteiger charge is 2.42. The first-order valence-corrected chi connectivity index (χ1v) is 8.90. The van der Waals surface area contributed by atoms with Crippen molar-refractivity contribution in [2.45, 2.75) is 84.2 Å². The number of carbonyl (C=O) groups is 2. The van der Waals surface area contributed by atoms with Gasteiger partial charge in [-0.05, 0) is 31.6 Å². The summed E-state index contributed by atoms with van der Waals surface area (Å²) in [4.78, 5) is 24.8. The fourth-order valence-electron chi connectivity index (χ4n) is 3.99. The fourth-order valence-corrected chi connectivity index (χ4v) is 3.99. The number of hydrogen-bond donors (Lipinski definition) is 0. The van der Waals surface area contributed by atoms with Gasteiger partial charge in [-0.25, -0.2) is 0 Å². The van der Waals surface area contributed by atoms with Crippen LogP contribution < -0.4 is 0 Å². The van der Waals surface area contributed by atoms with Gasteiger partial charge in [0.2, 0.25) is 0 Å². The molecular weight excluding hydrogens is 264 g/mol. The van der Waals surface area contributed by atoms with Gasteiger partial charge in [-0.15, -0.1) is 0 Å². The van der Waals surface area contributed by atoms with Crippen LogP contribution in [0.5, 0.6) is 0 Å². The summed E-state index contributed by atoms with van der Waals surface area (Å²) in [6.45, 7) is 4.25. The molecular formula is C18H30O3. The van der Waals surface area contributed by atoms with Crippen LogP contribution in [0.15, 0.2) is 0 Å². The Hall–Kier alpha value is -0.860. The highest BCUT2D eigenvalue weighted by atomic mass is 16.5. The van der Waals surface area contributed by atoms with E-state index in [1.807, 2.05) is 0 Å². The van der Waals surface area contributed by atoms with Gasteiger partial charge in [-0.2, -0.15) is 0 Å². The summed E-state index contributed by atoms with van der Waals surface area (Å²) < 4.78 is 5.63. The number of carbonyl (C=O) groups excluding carboxylic acids is 2. The molecule has 0 amide bonds. The molecule has 1 heterocycles. The van der Waals surface area contributed by atoms with Crippen molar-refractivity contribution >= 4 is 11.8 Å². The van der Waals surface area contributed by atoms with Crippen molar-refractivity contribution in [3.05, 3.63) is 0 Å². The zero-order chi connectivity index (χ0) is 15.2. The van der Waals surface area contributed by atoms with Crippen LogP contribution in [-0.4, -0.2) is 17.9 Å². The zero-order valence-electron chi connectivity index (χ0n) is 13.6. The predicted octanol–water partition coefficient (Wildman–Crippen LogP) is 4.28. The molecule has 2 aliphatic rings. The van der Waals surface area contributed by atoms with Crippen molar-refractivity contribution in [1.82, 2.24) is 0 Å². The lowest BCUT2D eigenvalue weighted by Crippen LogP contribution is -2.45. The third-order valence-corrected chi connectivity index (χ3v) is 5.38. The van der Waals surface area contributed by atoms with Crippen molar-refractivity contribution in [3.63, 3.8) is 0 Å². The molecule has 0 radical (unpaired) electrons. The molecule has 3 atom stereocenters. The maximum atomic E-state index is 12.5. The third-order valence-electron chi connectivity index (χ3n) is 5.38. The van der Waals surface area contributed by atoms with Gasteiger partial charge in [-0.3, -0.25) is 9.59 Å². The molecule has 0 aromatic heterocycles. The van der Waals surface area contributed by atoms with Gasteiger partial charge < -0.3 is 4.74 Å². The van der Waals surface area contributed by atoms with Gasteiger partial charge in [0.15, 0.2) is 11.9 Å². The smallest absolute Gasteiger partial charge is 0.310 e. The number of Topliss-reactive ketones (excluding diaryl/α,β-unsaturated/α-hetero) is 1. The van der Waals surface area contributed by atoms with E-state index in [0.717, 1.165) is 38.5 Å². The van der Waals surface area contributed by atoms with E-state index in [9.17, 15) is 9.59 Å². The number of hydrogen-bond acceptors (Lipinski definition) is 3. The van der Waals surface area contributed by atoms with Crippen molar-refractivity contribution in [2.75, 3.05) is 0 Å². The average Bonchev–Trinajstić information content (AvgIpc) is 2.51. The minimum Gasteiger partial charge on any atom is -0.454 e. The van der Waals surface area contributed by atoms with Crippen LogP contribution in [0.1, 0.15) is 78.1 Å². The Morgan fingerprint density at radius 1 is 1.14 bits per heavy atom. The second-order valence-corrected chi connectivity index (χ2v) is 6.84. The first-order valence-electron chi connectivity index (χ1n) is 8.90. The molecule has 1 aliphatic heterocycles. The van der Waals surface area contributed by atoms with E-state index >= 15 is 0 Å². The van der Waals surface area contributed by atoms with Crippen LogP contribution in [0.25, 0.3) is 0 Å². The molecule has 0 N–H and O–H groups in total. The lowest BCUT2D eigenvalue weighted by Gasteiger charge is -2.36. The standard InChI is InChI=1S/C18H30O3/c1-3-5-9-13(4-2)17-16(19)12-15(18(20)21-17)14-10-7-6-8-11-14/h13-15,17H,3-12H2,1-2H3/t13?,15-,17-/m1/s1. The van der Waals surface area contributed by atoms with E-state index in [-0.39, 0.29) is 23.6 Å². The monoisotopic (exact) mass is 294 g/mol. The summed E-state index contributed by atoms with van der Waals surface area (Å²) in [6.07, 6.45) is 9.93. The highest BCUT2D eigenvalue weighted by Crippen LogP contribution is 2.37. The summed E-state index contributed by atoms with van der Waals surface area (Å²) in [6, 6.07) is 0. The first kappa shape index (κ1) is 16.5. The van der Waals surface area contributed by atoms with Crippen LogP contribution in [0.4, 0.5) is 0 Å². The molecule has 1 aliphatic carbocycles. The molecule has 120 valence electrons. The van der Waals surface area contributed by atoms with Gasteiger partial charge in [-0.1, -0.05) is 46.0 Å². The van der Waals surface area contributed by atoms with Gasteiger partial charge in [0.1, 0.15) is 0 Å². The molecule has 1 saturated heterocycles. The Morgan fingerprint density at radius 2 is 1.86 bits per heavy atom. The van der Waals surface area contributed by atoms with Crippen LogP contribution in [0, 0.1) is 17.8 Å². The second kappa shape index (κ2) is 7.95. The molecule has 21 heavy (non-hydrogen) atoms. The van der Waals surface area contributed by atoms with E-state index in [1.165, 1.54) is 19.3 Å². The fraction of sp³-hybridized carbons (Fsp3) is 0.889. The van der Waals surface area contributed by atoms with Crippen molar-refractivity contribution in [2.24, 2.45) is 17.8 Å². The van der Waals surface area contributed by atoms with E-state index in [0.29, 0.717) is 12.3 Å². The van der Waals surface area contributed by atoms with E-state index < -0.39 is 6.10 Å². The predicted molar refractivity (Wildman–Crippen MR) is 82.9 cm³/mol. The van der Waals surface area contributed by atoms with Crippen LogP contribution in [-0.2, 0) is 14.3 Å². The topological polar surface area (TPSA) is 43.4 Å². The van der Waals surface area contributed by atoms with Crippen LogP contribution in [0.3, 0.4) is 0 Å². The molecule has 2 fully saturated rings. The van der Waals surface area contributed by atoms with E-state index in [1.54, 1.807) is 0 Å². The zero-order valence-corrected chi connectivity index (χ0v) is 13.6. The van der Waals surface area contributed by atoms with Gasteiger partial charge in [0, 0.05) is 12.3 Å². The minimum absolute atomic E-state index is 0.0959. The number of rotatable bonds is 6. The second-order valence-electron chi connectivity index (χ2n) is 6.84. The summed E-state index contributed by atoms with van der Waals surface area (Å²) in [5.41, 5.74) is 0. The van der Waals surface area contributed by atoms with Crippen LogP contribution >= 0.6 is 0 Å². The molecule has 3 nitrogen and oxygen atoms in total. The van der Waals surface area contributed by atoms with Gasteiger partial charge >= 0.3 is 5.97 Å². The molecule has 0 bridgehead atoms. The Balaban J connectivity index is 1.97. The molecule has 1 saturated carbocycles. The summed E-state index contributed by atoms with van der Waals surface area (Å²) in [5.74, 6) is 0.521. The quantitative estimate of drug-likeness (QED) is 0.687. The van der Waals surface area contributed by atoms with E-state index in [2.05, 4.69) is 13.8 Å².